The number of fused-ring (bicyclic) bond motifs is 2. The summed E-state index contributed by atoms with van der Waals surface area (Å²) in [5.74, 6) is -0.290. The lowest BCUT2D eigenvalue weighted by Crippen LogP contribution is -2.49. The minimum atomic E-state index is -0.777. The van der Waals surface area contributed by atoms with Crippen LogP contribution in [-0.2, 0) is 16.0 Å². The lowest BCUT2D eigenvalue weighted by molar-refractivity contribution is -0.143. The second kappa shape index (κ2) is 7.97. The Labute approximate surface area is 160 Å². The highest BCUT2D eigenvalue weighted by atomic mass is 35.5. The molecule has 1 aromatic carbocycles. The number of carboxylic acid groups (broad SMARTS) is 1. The molecule has 3 unspecified atom stereocenters. The molecule has 1 N–H and O–H groups in total. The van der Waals surface area contributed by atoms with E-state index in [1.807, 2.05) is 28.0 Å². The third-order valence-corrected chi connectivity index (χ3v) is 6.24. The molecule has 3 atom stereocenters. The van der Waals surface area contributed by atoms with Gasteiger partial charge < -0.3 is 10.0 Å². The summed E-state index contributed by atoms with van der Waals surface area (Å²) in [6.45, 7) is 0.960. The Balaban J connectivity index is 0.00000196. The van der Waals surface area contributed by atoms with Crippen LogP contribution in [0.15, 0.2) is 24.3 Å². The molecule has 1 saturated carbocycles. The van der Waals surface area contributed by atoms with Gasteiger partial charge in [0.05, 0.1) is 6.54 Å². The van der Waals surface area contributed by atoms with Gasteiger partial charge in [-0.15, -0.1) is 12.4 Å². The Morgan fingerprint density at radius 2 is 1.88 bits per heavy atom. The van der Waals surface area contributed by atoms with Crippen LogP contribution >= 0.6 is 12.4 Å². The molecule has 26 heavy (non-hydrogen) atoms. The number of anilines is 1. The topological polar surface area (TPSA) is 60.9 Å². The molecule has 5 nitrogen and oxygen atoms in total. The van der Waals surface area contributed by atoms with E-state index in [1.54, 1.807) is 0 Å². The van der Waals surface area contributed by atoms with E-state index in [0.29, 0.717) is 12.3 Å². The van der Waals surface area contributed by atoms with Crippen LogP contribution in [0, 0.1) is 5.92 Å². The van der Waals surface area contributed by atoms with Gasteiger partial charge in [0.25, 0.3) is 0 Å². The quantitative estimate of drug-likeness (QED) is 0.877. The number of aliphatic carboxylic acids is 1. The number of benzene rings is 1. The maximum Gasteiger partial charge on any atom is 0.320 e. The minimum absolute atomic E-state index is 0. The van der Waals surface area contributed by atoms with Crippen molar-refractivity contribution in [2.45, 2.75) is 57.0 Å². The monoisotopic (exact) mass is 378 g/mol. The molecule has 0 bridgehead atoms. The first kappa shape index (κ1) is 19.2. The third-order valence-electron chi connectivity index (χ3n) is 6.24. The van der Waals surface area contributed by atoms with Gasteiger partial charge in [0.1, 0.15) is 6.04 Å². The van der Waals surface area contributed by atoms with Crippen LogP contribution in [-0.4, -0.2) is 47.1 Å². The molecule has 4 rings (SSSR count). The molecular formula is C20H27ClN2O3. The average Bonchev–Trinajstić information content (AvgIpc) is 3.00. The number of nitrogens with zero attached hydrogens (tertiary/aromatic N) is 2. The molecule has 6 heteroatoms. The Morgan fingerprint density at radius 3 is 2.69 bits per heavy atom. The first-order valence-corrected chi connectivity index (χ1v) is 9.52. The van der Waals surface area contributed by atoms with Gasteiger partial charge in [-0.25, -0.2) is 0 Å². The van der Waals surface area contributed by atoms with E-state index in [-0.39, 0.29) is 30.9 Å². The number of hydrogen-bond acceptors (Lipinski definition) is 3. The van der Waals surface area contributed by atoms with Crippen LogP contribution in [0.3, 0.4) is 0 Å². The number of carboxylic acids is 1. The number of hydrogen-bond donors (Lipinski definition) is 1. The highest BCUT2D eigenvalue weighted by Crippen LogP contribution is 2.40. The van der Waals surface area contributed by atoms with Gasteiger partial charge in [0, 0.05) is 18.3 Å². The van der Waals surface area contributed by atoms with Gasteiger partial charge in [0.2, 0.25) is 5.91 Å². The van der Waals surface area contributed by atoms with E-state index in [4.69, 9.17) is 0 Å². The second-order valence-corrected chi connectivity index (χ2v) is 7.65. The van der Waals surface area contributed by atoms with Crippen molar-refractivity contribution in [1.82, 2.24) is 4.90 Å². The van der Waals surface area contributed by atoms with Crippen LogP contribution in [0.5, 0.6) is 0 Å². The molecule has 2 heterocycles. The lowest BCUT2D eigenvalue weighted by Gasteiger charge is -2.35. The fraction of sp³-hybridized carbons (Fsp3) is 0.600. The minimum Gasteiger partial charge on any atom is -0.480 e. The van der Waals surface area contributed by atoms with Crippen molar-refractivity contribution < 1.29 is 14.7 Å². The molecule has 1 amide bonds. The summed E-state index contributed by atoms with van der Waals surface area (Å²) in [4.78, 5) is 28.7. The number of rotatable bonds is 3. The summed E-state index contributed by atoms with van der Waals surface area (Å²) in [6, 6.07) is 7.84. The predicted octanol–water partition coefficient (Wildman–Crippen LogP) is 3.11. The van der Waals surface area contributed by atoms with Crippen molar-refractivity contribution >= 4 is 30.0 Å². The summed E-state index contributed by atoms with van der Waals surface area (Å²) in [7, 11) is 0. The van der Waals surface area contributed by atoms with Crippen molar-refractivity contribution in [3.8, 4) is 0 Å². The van der Waals surface area contributed by atoms with Gasteiger partial charge in [-0.1, -0.05) is 31.0 Å². The number of halogens is 1. The first-order valence-electron chi connectivity index (χ1n) is 9.52. The molecule has 142 valence electrons. The number of likely N-dealkylation sites (tertiary alicyclic amines) is 1. The number of carbonyl (C=O) groups excluding carboxylic acids is 1. The van der Waals surface area contributed by atoms with E-state index in [9.17, 15) is 14.7 Å². The molecule has 1 aromatic rings. The van der Waals surface area contributed by atoms with Crippen LogP contribution < -0.4 is 4.90 Å². The fourth-order valence-corrected chi connectivity index (χ4v) is 5.06. The molecule has 1 saturated heterocycles. The normalized spacial score (nSPS) is 28.0. The summed E-state index contributed by atoms with van der Waals surface area (Å²) in [5, 5.41) is 9.65. The van der Waals surface area contributed by atoms with Crippen molar-refractivity contribution in [2.75, 3.05) is 18.0 Å². The zero-order chi connectivity index (χ0) is 17.4. The van der Waals surface area contributed by atoms with Crippen LogP contribution in [0.4, 0.5) is 5.69 Å². The number of amides is 1. The standard InChI is InChI=1S/C20H26N2O3.ClH/c23-19(21-11-5-8-14-6-1-3-9-16(14)21)13-22-17-10-4-2-7-15(17)12-18(22)20(24)25;/h1,3,6,9,15,17-18H,2,4-5,7-8,10-13H2,(H,24,25);1H. The fourth-order valence-electron chi connectivity index (χ4n) is 5.06. The van der Waals surface area contributed by atoms with Gasteiger partial charge in [-0.3, -0.25) is 14.5 Å². The summed E-state index contributed by atoms with van der Waals surface area (Å²) >= 11 is 0. The Morgan fingerprint density at radius 1 is 1.12 bits per heavy atom. The predicted molar refractivity (Wildman–Crippen MR) is 103 cm³/mol. The molecule has 2 fully saturated rings. The SMILES string of the molecule is Cl.O=C(O)C1CC2CCCCC2N1CC(=O)N1CCCc2ccccc21. The van der Waals surface area contributed by atoms with Crippen LogP contribution in [0.25, 0.3) is 0 Å². The molecular weight excluding hydrogens is 352 g/mol. The van der Waals surface area contributed by atoms with Gasteiger partial charge in [-0.2, -0.15) is 0 Å². The number of aryl methyl sites for hydroxylation is 1. The highest BCUT2D eigenvalue weighted by molar-refractivity contribution is 5.96. The van der Waals surface area contributed by atoms with Crippen LogP contribution in [0.1, 0.15) is 44.1 Å². The maximum absolute atomic E-state index is 13.1. The average molecular weight is 379 g/mol. The number of carbonyl (C=O) groups is 2. The summed E-state index contributed by atoms with van der Waals surface area (Å²) in [6.07, 6.45) is 7.14. The molecule has 3 aliphatic rings. The zero-order valence-electron chi connectivity index (χ0n) is 15.0. The molecule has 1 aliphatic carbocycles. The van der Waals surface area contributed by atoms with E-state index < -0.39 is 12.0 Å². The molecule has 2 aliphatic heterocycles. The largest absolute Gasteiger partial charge is 0.480 e. The number of para-hydroxylation sites is 1. The molecule has 0 spiro atoms. The van der Waals surface area contributed by atoms with Crippen LogP contribution in [0.2, 0.25) is 0 Å². The Kier molecular flexibility index (Phi) is 5.88. The summed E-state index contributed by atoms with van der Waals surface area (Å²) in [5.41, 5.74) is 2.22. The molecule has 0 radical (unpaired) electrons. The molecule has 0 aromatic heterocycles. The van der Waals surface area contributed by atoms with Crippen molar-refractivity contribution in [3.05, 3.63) is 29.8 Å². The van der Waals surface area contributed by atoms with Crippen molar-refractivity contribution in [2.24, 2.45) is 5.92 Å². The first-order chi connectivity index (χ1) is 12.1. The van der Waals surface area contributed by atoms with Gasteiger partial charge >= 0.3 is 5.97 Å². The smallest absolute Gasteiger partial charge is 0.320 e. The van der Waals surface area contributed by atoms with Crippen molar-refractivity contribution in [3.63, 3.8) is 0 Å². The zero-order valence-corrected chi connectivity index (χ0v) is 15.8. The maximum atomic E-state index is 13.1. The summed E-state index contributed by atoms with van der Waals surface area (Å²) < 4.78 is 0. The lowest BCUT2D eigenvalue weighted by atomic mass is 9.85. The van der Waals surface area contributed by atoms with Crippen molar-refractivity contribution in [1.29, 1.82) is 0 Å². The second-order valence-electron chi connectivity index (χ2n) is 7.65. The van der Waals surface area contributed by atoms with E-state index in [0.717, 1.165) is 44.3 Å². The third kappa shape index (κ3) is 3.47. The van der Waals surface area contributed by atoms with Gasteiger partial charge in [-0.05, 0) is 49.7 Å². The van der Waals surface area contributed by atoms with E-state index in [1.165, 1.54) is 12.0 Å². The Bertz CT molecular complexity index is 681. The van der Waals surface area contributed by atoms with E-state index in [2.05, 4.69) is 6.07 Å². The highest BCUT2D eigenvalue weighted by Gasteiger charge is 2.46. The van der Waals surface area contributed by atoms with E-state index >= 15 is 0 Å². The van der Waals surface area contributed by atoms with Gasteiger partial charge in [0.15, 0.2) is 0 Å². The Hall–Kier alpha value is -1.59.